The molecule has 0 saturated heterocycles. The molecule has 0 spiro atoms. The highest BCUT2D eigenvalue weighted by molar-refractivity contribution is 9.09. The molecule has 2 nitrogen and oxygen atoms in total. The first-order valence-electron chi connectivity index (χ1n) is 5.55. The summed E-state index contributed by atoms with van der Waals surface area (Å²) in [5.74, 6) is 0.229. The minimum Gasteiger partial charge on any atom is -0.356 e. The topological polar surface area (TPSA) is 29.1 Å². The van der Waals surface area contributed by atoms with Crippen LogP contribution in [0, 0.1) is 5.41 Å². The van der Waals surface area contributed by atoms with Gasteiger partial charge in [0, 0.05) is 18.3 Å². The monoisotopic (exact) mass is 261 g/mol. The van der Waals surface area contributed by atoms with Crippen molar-refractivity contribution in [1.82, 2.24) is 5.32 Å². The van der Waals surface area contributed by atoms with E-state index in [0.717, 1.165) is 24.7 Å². The molecule has 14 heavy (non-hydrogen) atoms. The zero-order valence-electron chi connectivity index (χ0n) is 8.94. The van der Waals surface area contributed by atoms with Crippen LogP contribution in [0.3, 0.4) is 0 Å². The lowest BCUT2D eigenvalue weighted by atomic mass is 10.0. The Balaban J connectivity index is 2.10. The van der Waals surface area contributed by atoms with Crippen LogP contribution in [-0.2, 0) is 4.79 Å². The van der Waals surface area contributed by atoms with Crippen molar-refractivity contribution < 1.29 is 4.79 Å². The molecule has 0 aromatic rings. The van der Waals surface area contributed by atoms with Gasteiger partial charge in [0.15, 0.2) is 0 Å². The van der Waals surface area contributed by atoms with E-state index in [9.17, 15) is 4.79 Å². The fraction of sp³-hybridized carbons (Fsp3) is 0.909. The Hall–Kier alpha value is -0.0500. The Morgan fingerprint density at radius 1 is 1.50 bits per heavy atom. The van der Waals surface area contributed by atoms with Crippen LogP contribution in [0.25, 0.3) is 0 Å². The number of amides is 1. The zero-order valence-corrected chi connectivity index (χ0v) is 10.5. The number of hydrogen-bond acceptors (Lipinski definition) is 1. The van der Waals surface area contributed by atoms with Crippen molar-refractivity contribution in [2.24, 2.45) is 5.41 Å². The summed E-state index contributed by atoms with van der Waals surface area (Å²) in [5, 5.41) is 4.10. The van der Waals surface area contributed by atoms with E-state index in [1.165, 1.54) is 19.3 Å². The molecule has 1 N–H and O–H groups in total. The molecule has 0 atom stereocenters. The fourth-order valence-electron chi connectivity index (χ4n) is 1.60. The van der Waals surface area contributed by atoms with Crippen molar-refractivity contribution in [2.45, 2.75) is 45.4 Å². The van der Waals surface area contributed by atoms with Gasteiger partial charge in [0.2, 0.25) is 5.91 Å². The third kappa shape index (κ3) is 3.99. The Morgan fingerprint density at radius 3 is 2.71 bits per heavy atom. The third-order valence-corrected chi connectivity index (χ3v) is 3.40. The minimum absolute atomic E-state index is 0.229. The van der Waals surface area contributed by atoms with Gasteiger partial charge in [-0.05, 0) is 31.1 Å². The molecular formula is C11H20BrNO. The highest BCUT2D eigenvalue weighted by Gasteiger charge is 2.41. The van der Waals surface area contributed by atoms with E-state index < -0.39 is 0 Å². The summed E-state index contributed by atoms with van der Waals surface area (Å²) in [6.45, 7) is 3.00. The van der Waals surface area contributed by atoms with E-state index >= 15 is 0 Å². The second-order valence-electron chi connectivity index (χ2n) is 4.32. The van der Waals surface area contributed by atoms with E-state index in [1.807, 2.05) is 0 Å². The van der Waals surface area contributed by atoms with Gasteiger partial charge in [-0.25, -0.2) is 0 Å². The van der Waals surface area contributed by atoms with Gasteiger partial charge in [-0.1, -0.05) is 29.3 Å². The van der Waals surface area contributed by atoms with Crippen LogP contribution in [0.5, 0.6) is 0 Å². The molecule has 1 aliphatic rings. The van der Waals surface area contributed by atoms with Crippen molar-refractivity contribution in [3.63, 3.8) is 0 Å². The molecule has 0 unspecified atom stereocenters. The van der Waals surface area contributed by atoms with E-state index in [4.69, 9.17) is 0 Å². The average Bonchev–Trinajstić information content (AvgIpc) is 2.93. The summed E-state index contributed by atoms with van der Waals surface area (Å²) < 4.78 is 0. The number of hydrogen-bond donors (Lipinski definition) is 1. The summed E-state index contributed by atoms with van der Waals surface area (Å²) in [6, 6.07) is 0. The Morgan fingerprint density at radius 2 is 2.21 bits per heavy atom. The van der Waals surface area contributed by atoms with Gasteiger partial charge in [0.25, 0.3) is 0 Å². The summed E-state index contributed by atoms with van der Waals surface area (Å²) >= 11 is 3.46. The van der Waals surface area contributed by atoms with Crippen LogP contribution in [0.15, 0.2) is 0 Å². The number of halogens is 1. The Bertz CT molecular complexity index is 190. The quantitative estimate of drug-likeness (QED) is 0.702. The van der Waals surface area contributed by atoms with E-state index in [-0.39, 0.29) is 5.91 Å². The first-order chi connectivity index (χ1) is 6.72. The zero-order chi connectivity index (χ0) is 10.4. The standard InChI is InChI=1S/C11H20BrNO/c1-2-3-4-10(14)13-9-11(5-6-11)7-8-12/h2-9H2,1H3,(H,13,14). The lowest BCUT2D eigenvalue weighted by Crippen LogP contribution is -2.30. The lowest BCUT2D eigenvalue weighted by Gasteiger charge is -2.14. The van der Waals surface area contributed by atoms with Gasteiger partial charge < -0.3 is 5.32 Å². The number of rotatable bonds is 7. The number of nitrogens with one attached hydrogen (secondary N) is 1. The van der Waals surface area contributed by atoms with Crippen molar-refractivity contribution in [3.8, 4) is 0 Å². The van der Waals surface area contributed by atoms with E-state index in [1.54, 1.807) is 0 Å². The highest BCUT2D eigenvalue weighted by atomic mass is 79.9. The molecule has 0 bridgehead atoms. The van der Waals surface area contributed by atoms with Gasteiger partial charge in [-0.2, -0.15) is 0 Å². The summed E-state index contributed by atoms with van der Waals surface area (Å²) in [4.78, 5) is 11.4. The van der Waals surface area contributed by atoms with Crippen molar-refractivity contribution >= 4 is 21.8 Å². The van der Waals surface area contributed by atoms with Crippen molar-refractivity contribution in [1.29, 1.82) is 0 Å². The third-order valence-electron chi connectivity index (χ3n) is 3.00. The van der Waals surface area contributed by atoms with Gasteiger partial charge >= 0.3 is 0 Å². The van der Waals surface area contributed by atoms with Crippen LogP contribution >= 0.6 is 15.9 Å². The molecule has 0 heterocycles. The molecule has 1 fully saturated rings. The smallest absolute Gasteiger partial charge is 0.220 e. The number of carbonyl (C=O) groups is 1. The van der Waals surface area contributed by atoms with Crippen LogP contribution in [-0.4, -0.2) is 17.8 Å². The van der Waals surface area contributed by atoms with Crippen LogP contribution in [0.2, 0.25) is 0 Å². The maximum atomic E-state index is 11.4. The molecule has 1 aliphatic carbocycles. The van der Waals surface area contributed by atoms with Gasteiger partial charge in [-0.15, -0.1) is 0 Å². The normalized spacial score (nSPS) is 17.9. The number of alkyl halides is 1. The predicted octanol–water partition coefficient (Wildman–Crippen LogP) is 2.86. The number of unbranched alkanes of at least 4 members (excludes halogenated alkanes) is 1. The molecule has 1 saturated carbocycles. The van der Waals surface area contributed by atoms with Crippen LogP contribution in [0.4, 0.5) is 0 Å². The maximum absolute atomic E-state index is 11.4. The molecule has 1 amide bonds. The first-order valence-corrected chi connectivity index (χ1v) is 6.67. The molecule has 0 aliphatic heterocycles. The van der Waals surface area contributed by atoms with Crippen molar-refractivity contribution in [2.75, 3.05) is 11.9 Å². The van der Waals surface area contributed by atoms with Gasteiger partial charge in [-0.3, -0.25) is 4.79 Å². The summed E-state index contributed by atoms with van der Waals surface area (Å²) in [5.41, 5.74) is 0.450. The first kappa shape index (κ1) is 12.0. The molecule has 0 aromatic carbocycles. The van der Waals surface area contributed by atoms with Crippen molar-refractivity contribution in [3.05, 3.63) is 0 Å². The Labute approximate surface area is 95.0 Å². The lowest BCUT2D eigenvalue weighted by molar-refractivity contribution is -0.121. The molecule has 0 radical (unpaired) electrons. The largest absolute Gasteiger partial charge is 0.356 e. The molecule has 1 rings (SSSR count). The van der Waals surface area contributed by atoms with Gasteiger partial charge in [0.1, 0.15) is 0 Å². The molecule has 82 valence electrons. The summed E-state index contributed by atoms with van der Waals surface area (Å²) in [6.07, 6.45) is 6.57. The predicted molar refractivity (Wildman–Crippen MR) is 62.6 cm³/mol. The SMILES string of the molecule is CCCCC(=O)NCC1(CCBr)CC1. The second-order valence-corrected chi connectivity index (χ2v) is 5.11. The second kappa shape index (κ2) is 5.74. The van der Waals surface area contributed by atoms with E-state index in [0.29, 0.717) is 11.8 Å². The van der Waals surface area contributed by atoms with Gasteiger partial charge in [0.05, 0.1) is 0 Å². The highest BCUT2D eigenvalue weighted by Crippen LogP contribution is 2.48. The minimum atomic E-state index is 0.229. The van der Waals surface area contributed by atoms with Crippen LogP contribution in [0.1, 0.15) is 45.4 Å². The van der Waals surface area contributed by atoms with Crippen LogP contribution < -0.4 is 5.32 Å². The fourth-order valence-corrected chi connectivity index (χ4v) is 2.45. The Kier molecular flexibility index (Phi) is 4.93. The number of carbonyl (C=O) groups excluding carboxylic acids is 1. The molecule has 0 aromatic heterocycles. The maximum Gasteiger partial charge on any atom is 0.220 e. The molecule has 3 heteroatoms. The van der Waals surface area contributed by atoms with E-state index in [2.05, 4.69) is 28.2 Å². The molecular weight excluding hydrogens is 242 g/mol. The average molecular weight is 262 g/mol. The summed E-state index contributed by atoms with van der Waals surface area (Å²) in [7, 11) is 0.